The van der Waals surface area contributed by atoms with Gasteiger partial charge in [0.2, 0.25) is 11.8 Å². The van der Waals surface area contributed by atoms with Gasteiger partial charge in [-0.25, -0.2) is 4.39 Å². The topological polar surface area (TPSA) is 88.9 Å². The molecule has 0 aliphatic heterocycles. The second-order valence-corrected chi connectivity index (χ2v) is 7.97. The number of hydrogen-bond acceptors (Lipinski definition) is 5. The summed E-state index contributed by atoms with van der Waals surface area (Å²) in [5.41, 5.74) is 3.05. The molecule has 0 unspecified atom stereocenters. The molecule has 0 aliphatic carbocycles. The first-order valence-electron chi connectivity index (χ1n) is 9.83. The molecule has 1 heterocycles. The van der Waals surface area contributed by atoms with Crippen molar-refractivity contribution in [3.05, 3.63) is 65.2 Å². The van der Waals surface area contributed by atoms with E-state index in [9.17, 15) is 14.0 Å². The van der Waals surface area contributed by atoms with Gasteiger partial charge in [-0.3, -0.25) is 9.59 Å². The fourth-order valence-electron chi connectivity index (χ4n) is 2.91. The Labute approximate surface area is 184 Å². The van der Waals surface area contributed by atoms with Crippen LogP contribution in [-0.2, 0) is 22.6 Å². The number of aromatic nitrogens is 3. The van der Waals surface area contributed by atoms with E-state index in [1.165, 1.54) is 23.9 Å². The van der Waals surface area contributed by atoms with E-state index in [2.05, 4.69) is 20.8 Å². The van der Waals surface area contributed by atoms with E-state index in [1.54, 1.807) is 17.6 Å². The average molecular weight is 442 g/mol. The Morgan fingerprint density at radius 2 is 1.77 bits per heavy atom. The number of carbonyl (C=O) groups excluding carboxylic acids is 2. The van der Waals surface area contributed by atoms with Gasteiger partial charge >= 0.3 is 0 Å². The molecule has 2 amide bonds. The Hall–Kier alpha value is -3.20. The van der Waals surface area contributed by atoms with Gasteiger partial charge in [-0.2, -0.15) is 0 Å². The molecule has 9 heteroatoms. The highest BCUT2D eigenvalue weighted by Crippen LogP contribution is 2.20. The maximum absolute atomic E-state index is 13.4. The number of anilines is 2. The molecule has 31 heavy (non-hydrogen) atoms. The summed E-state index contributed by atoms with van der Waals surface area (Å²) in [6.45, 7) is 6.26. The summed E-state index contributed by atoms with van der Waals surface area (Å²) in [4.78, 5) is 24.7. The molecule has 162 valence electrons. The molecule has 7 nitrogen and oxygen atoms in total. The quantitative estimate of drug-likeness (QED) is 0.517. The third kappa shape index (κ3) is 6.14. The number of carbonyl (C=O) groups is 2. The molecule has 3 rings (SSSR count). The van der Waals surface area contributed by atoms with Crippen LogP contribution in [0.4, 0.5) is 15.8 Å². The SMILES string of the molecule is CCn1c(CC(=O)Nc2ccc(C)cc2)nnc1SCC(=O)Nc1cc(F)ccc1C. The maximum atomic E-state index is 13.4. The lowest BCUT2D eigenvalue weighted by Crippen LogP contribution is -2.18. The largest absolute Gasteiger partial charge is 0.326 e. The summed E-state index contributed by atoms with van der Waals surface area (Å²) in [6.07, 6.45) is 0.0734. The van der Waals surface area contributed by atoms with Crippen LogP contribution in [0.15, 0.2) is 47.6 Å². The fourth-order valence-corrected chi connectivity index (χ4v) is 3.73. The summed E-state index contributed by atoms with van der Waals surface area (Å²) in [5.74, 6) is -0.266. The monoisotopic (exact) mass is 441 g/mol. The Morgan fingerprint density at radius 3 is 2.48 bits per heavy atom. The van der Waals surface area contributed by atoms with Crippen molar-refractivity contribution in [2.75, 3.05) is 16.4 Å². The summed E-state index contributed by atoms with van der Waals surface area (Å²) in [6, 6.07) is 11.8. The van der Waals surface area contributed by atoms with E-state index in [4.69, 9.17) is 0 Å². The second kappa shape index (κ2) is 10.2. The predicted molar refractivity (Wildman–Crippen MR) is 120 cm³/mol. The van der Waals surface area contributed by atoms with Gasteiger partial charge in [0.05, 0.1) is 12.2 Å². The van der Waals surface area contributed by atoms with E-state index < -0.39 is 5.82 Å². The van der Waals surface area contributed by atoms with Crippen LogP contribution in [0.1, 0.15) is 23.9 Å². The maximum Gasteiger partial charge on any atom is 0.234 e. The van der Waals surface area contributed by atoms with E-state index in [-0.39, 0.29) is 24.0 Å². The number of rotatable bonds is 8. The van der Waals surface area contributed by atoms with Gasteiger partial charge in [0.1, 0.15) is 11.6 Å². The first kappa shape index (κ1) is 22.5. The molecule has 0 radical (unpaired) electrons. The van der Waals surface area contributed by atoms with E-state index in [1.807, 2.05) is 38.1 Å². The van der Waals surface area contributed by atoms with Gasteiger partial charge in [0.15, 0.2) is 5.16 Å². The number of nitrogens with one attached hydrogen (secondary N) is 2. The first-order valence-corrected chi connectivity index (χ1v) is 10.8. The lowest BCUT2D eigenvalue weighted by atomic mass is 10.2. The standard InChI is InChI=1S/C22H24FN5O2S/c1-4-28-19(12-20(29)24-17-9-5-14(2)6-10-17)26-27-22(28)31-13-21(30)25-18-11-16(23)8-7-15(18)3/h5-11H,4,12-13H2,1-3H3,(H,24,29)(H,25,30). The van der Waals surface area contributed by atoms with Gasteiger partial charge in [0.25, 0.3) is 0 Å². The Morgan fingerprint density at radius 1 is 1.03 bits per heavy atom. The van der Waals surface area contributed by atoms with Crippen LogP contribution in [-0.4, -0.2) is 32.3 Å². The summed E-state index contributed by atoms with van der Waals surface area (Å²) in [7, 11) is 0. The highest BCUT2D eigenvalue weighted by Gasteiger charge is 2.16. The molecule has 0 fully saturated rings. The van der Waals surface area contributed by atoms with Crippen LogP contribution in [0.25, 0.3) is 0 Å². The van der Waals surface area contributed by atoms with E-state index in [0.29, 0.717) is 23.2 Å². The minimum absolute atomic E-state index is 0.0734. The summed E-state index contributed by atoms with van der Waals surface area (Å²) >= 11 is 1.21. The van der Waals surface area contributed by atoms with Gasteiger partial charge in [0, 0.05) is 17.9 Å². The average Bonchev–Trinajstić information content (AvgIpc) is 3.12. The third-order valence-electron chi connectivity index (χ3n) is 4.57. The van der Waals surface area contributed by atoms with Crippen LogP contribution in [0.3, 0.4) is 0 Å². The van der Waals surface area contributed by atoms with Gasteiger partial charge < -0.3 is 15.2 Å². The Kier molecular flexibility index (Phi) is 7.41. The van der Waals surface area contributed by atoms with Gasteiger partial charge in [-0.15, -0.1) is 10.2 Å². The van der Waals surface area contributed by atoms with Crippen molar-refractivity contribution in [1.82, 2.24) is 14.8 Å². The Bertz CT molecular complexity index is 1080. The fraction of sp³-hybridized carbons (Fsp3) is 0.273. The number of halogens is 1. The molecule has 0 saturated heterocycles. The summed E-state index contributed by atoms with van der Waals surface area (Å²) < 4.78 is 15.2. The van der Waals surface area contributed by atoms with Crippen LogP contribution in [0, 0.1) is 19.7 Å². The highest BCUT2D eigenvalue weighted by molar-refractivity contribution is 7.99. The number of benzene rings is 2. The van der Waals surface area contributed by atoms with Gasteiger partial charge in [-0.05, 0) is 50.6 Å². The van der Waals surface area contributed by atoms with Crippen molar-refractivity contribution in [3.63, 3.8) is 0 Å². The molecule has 0 bridgehead atoms. The lowest BCUT2D eigenvalue weighted by molar-refractivity contribution is -0.116. The normalized spacial score (nSPS) is 10.7. The van der Waals surface area contributed by atoms with Crippen LogP contribution in [0.5, 0.6) is 0 Å². The van der Waals surface area contributed by atoms with Gasteiger partial charge in [-0.1, -0.05) is 35.5 Å². The molecule has 3 aromatic rings. The molecular weight excluding hydrogens is 417 g/mol. The highest BCUT2D eigenvalue weighted by atomic mass is 32.2. The molecule has 1 aromatic heterocycles. The zero-order valence-corrected chi connectivity index (χ0v) is 18.4. The summed E-state index contributed by atoms with van der Waals surface area (Å²) in [5, 5.41) is 14.3. The number of nitrogens with zero attached hydrogens (tertiary/aromatic N) is 3. The zero-order valence-electron chi connectivity index (χ0n) is 17.6. The lowest BCUT2D eigenvalue weighted by Gasteiger charge is -2.09. The van der Waals surface area contributed by atoms with Crippen molar-refractivity contribution >= 4 is 35.0 Å². The third-order valence-corrected chi connectivity index (χ3v) is 5.54. The van der Waals surface area contributed by atoms with Crippen molar-refractivity contribution < 1.29 is 14.0 Å². The van der Waals surface area contributed by atoms with Crippen molar-refractivity contribution in [2.45, 2.75) is 38.9 Å². The zero-order chi connectivity index (χ0) is 22.4. The minimum atomic E-state index is -0.409. The number of thioether (sulfide) groups is 1. The van der Waals surface area contributed by atoms with Crippen LogP contribution < -0.4 is 10.6 Å². The number of amides is 2. The van der Waals surface area contributed by atoms with Crippen LogP contribution in [0.2, 0.25) is 0 Å². The van der Waals surface area contributed by atoms with E-state index in [0.717, 1.165) is 16.8 Å². The molecule has 0 spiro atoms. The smallest absolute Gasteiger partial charge is 0.234 e. The molecule has 0 saturated carbocycles. The number of hydrogen-bond donors (Lipinski definition) is 2. The number of aryl methyl sites for hydroxylation is 2. The second-order valence-electron chi connectivity index (χ2n) is 7.03. The molecule has 2 aromatic carbocycles. The Balaban J connectivity index is 1.59. The molecule has 2 N–H and O–H groups in total. The molecular formula is C22H24FN5O2S. The van der Waals surface area contributed by atoms with Crippen LogP contribution >= 0.6 is 11.8 Å². The molecule has 0 aliphatic rings. The van der Waals surface area contributed by atoms with Crippen molar-refractivity contribution in [1.29, 1.82) is 0 Å². The molecule has 0 atom stereocenters. The van der Waals surface area contributed by atoms with E-state index >= 15 is 0 Å². The van der Waals surface area contributed by atoms with Crippen molar-refractivity contribution in [2.24, 2.45) is 0 Å². The minimum Gasteiger partial charge on any atom is -0.326 e. The predicted octanol–water partition coefficient (Wildman–Crippen LogP) is 3.97. The first-order chi connectivity index (χ1) is 14.9. The van der Waals surface area contributed by atoms with Crippen molar-refractivity contribution in [3.8, 4) is 0 Å².